The summed E-state index contributed by atoms with van der Waals surface area (Å²) in [6, 6.07) is 15.1. The average molecular weight is 440 g/mol. The fourth-order valence-electron chi connectivity index (χ4n) is 3.87. The summed E-state index contributed by atoms with van der Waals surface area (Å²) in [5.74, 6) is -1.32. The van der Waals surface area contributed by atoms with Crippen LogP contribution >= 0.6 is 11.3 Å². The van der Waals surface area contributed by atoms with E-state index in [2.05, 4.69) is 5.48 Å². The van der Waals surface area contributed by atoms with Gasteiger partial charge in [0.1, 0.15) is 4.88 Å². The van der Waals surface area contributed by atoms with Gasteiger partial charge >= 0.3 is 5.97 Å². The molecule has 1 aliphatic heterocycles. The summed E-state index contributed by atoms with van der Waals surface area (Å²) in [5, 5.41) is 2.22. The molecule has 7 nitrogen and oxygen atoms in total. The number of aryl methyl sites for hydroxylation is 2. The first-order chi connectivity index (χ1) is 14.7. The summed E-state index contributed by atoms with van der Waals surface area (Å²) in [6.07, 6.45) is 0.430. The summed E-state index contributed by atoms with van der Waals surface area (Å²) in [4.78, 5) is 38.1. The number of carbonyl (C=O) groups excluding carboxylic acids is 2. The molecule has 2 aromatic carbocycles. The predicted octanol–water partition coefficient (Wildman–Crippen LogP) is 3.89. The van der Waals surface area contributed by atoms with E-state index < -0.39 is 23.3 Å². The molecule has 1 fully saturated rings. The standard InChI is InChI=1S/C23H25N3O4S/c1-5-22(4)26(29-20(27)19-13-16-8-6-7-9-18(16)31-19)23(21(24)28,25-30-22)17-11-14(2)10-15(3)12-17/h6-13,25H,5H2,1-4H3,(H2,24,28). The van der Waals surface area contributed by atoms with Crippen molar-refractivity contribution in [2.45, 2.75) is 45.5 Å². The van der Waals surface area contributed by atoms with E-state index in [4.69, 9.17) is 15.4 Å². The van der Waals surface area contributed by atoms with Crippen LogP contribution in [0.2, 0.25) is 0 Å². The van der Waals surface area contributed by atoms with E-state index in [1.54, 1.807) is 13.0 Å². The number of amides is 1. The molecular formula is C23H25N3O4S. The number of nitrogens with one attached hydrogen (secondary N) is 1. The zero-order valence-electron chi connectivity index (χ0n) is 17.9. The molecule has 1 amide bonds. The van der Waals surface area contributed by atoms with Crippen LogP contribution in [0, 0.1) is 13.8 Å². The van der Waals surface area contributed by atoms with Crippen LogP contribution in [-0.4, -0.2) is 22.7 Å². The van der Waals surface area contributed by atoms with Gasteiger partial charge in [0.2, 0.25) is 5.66 Å². The highest BCUT2D eigenvalue weighted by Gasteiger charge is 2.61. The molecule has 1 saturated heterocycles. The number of hydrogen-bond donors (Lipinski definition) is 2. The number of carbonyl (C=O) groups is 2. The molecule has 4 rings (SSSR count). The third-order valence-corrected chi connectivity index (χ3v) is 6.70. The second-order valence-corrected chi connectivity index (χ2v) is 9.09. The maximum atomic E-state index is 13.2. The lowest BCUT2D eigenvalue weighted by molar-refractivity contribution is -0.246. The van der Waals surface area contributed by atoms with Gasteiger partial charge in [-0.15, -0.1) is 11.3 Å². The van der Waals surface area contributed by atoms with Crippen LogP contribution in [0.3, 0.4) is 0 Å². The Bertz CT molecular complexity index is 1120. The van der Waals surface area contributed by atoms with Gasteiger partial charge in [0.05, 0.1) is 0 Å². The Labute approximate surface area is 184 Å². The van der Waals surface area contributed by atoms with Crippen molar-refractivity contribution in [3.63, 3.8) is 0 Å². The smallest absolute Gasteiger partial charge is 0.366 e. The molecule has 2 unspecified atom stereocenters. The van der Waals surface area contributed by atoms with E-state index in [1.807, 2.05) is 63.2 Å². The van der Waals surface area contributed by atoms with Gasteiger partial charge in [-0.05, 0) is 44.7 Å². The van der Waals surface area contributed by atoms with Crippen LogP contribution < -0.4 is 11.2 Å². The number of hydroxylamine groups is 3. The van der Waals surface area contributed by atoms with Crippen LogP contribution in [0.1, 0.15) is 46.6 Å². The Morgan fingerprint density at radius 1 is 1.16 bits per heavy atom. The highest BCUT2D eigenvalue weighted by atomic mass is 32.1. The largest absolute Gasteiger partial charge is 0.367 e. The summed E-state index contributed by atoms with van der Waals surface area (Å²) in [6.45, 7) is 7.47. The normalized spacial score (nSPS) is 23.9. The number of thiophene rings is 1. The summed E-state index contributed by atoms with van der Waals surface area (Å²) < 4.78 is 0.971. The van der Waals surface area contributed by atoms with Gasteiger partial charge in [-0.2, -0.15) is 5.48 Å². The second-order valence-electron chi connectivity index (χ2n) is 8.01. The third kappa shape index (κ3) is 3.51. The van der Waals surface area contributed by atoms with E-state index in [0.29, 0.717) is 16.9 Å². The minimum Gasteiger partial charge on any atom is -0.366 e. The molecule has 0 spiro atoms. The quantitative estimate of drug-likeness (QED) is 0.626. The average Bonchev–Trinajstić information content (AvgIpc) is 3.28. The zero-order chi connectivity index (χ0) is 22.4. The number of nitrogens with zero attached hydrogens (tertiary/aromatic N) is 1. The third-order valence-electron chi connectivity index (χ3n) is 5.61. The molecule has 2 atom stereocenters. The van der Waals surface area contributed by atoms with Gasteiger partial charge in [0.15, 0.2) is 5.72 Å². The highest BCUT2D eigenvalue weighted by molar-refractivity contribution is 7.20. The summed E-state index contributed by atoms with van der Waals surface area (Å²) in [5.41, 5.74) is 8.33. The first-order valence-corrected chi connectivity index (χ1v) is 10.9. The highest BCUT2D eigenvalue weighted by Crippen LogP contribution is 2.42. The van der Waals surface area contributed by atoms with Crippen molar-refractivity contribution in [3.8, 4) is 0 Å². The topological polar surface area (TPSA) is 93.9 Å². The molecule has 2 heterocycles. The fraction of sp³-hybridized carbons (Fsp3) is 0.304. The minimum atomic E-state index is -1.67. The van der Waals surface area contributed by atoms with E-state index in [0.717, 1.165) is 21.2 Å². The van der Waals surface area contributed by atoms with Gasteiger partial charge in [-0.1, -0.05) is 59.5 Å². The molecule has 1 aromatic heterocycles. The lowest BCUT2D eigenvalue weighted by atomic mass is 9.94. The second kappa shape index (κ2) is 7.72. The van der Waals surface area contributed by atoms with Crippen molar-refractivity contribution >= 4 is 33.3 Å². The van der Waals surface area contributed by atoms with Gasteiger partial charge in [-0.25, -0.2) is 4.79 Å². The number of fused-ring (bicyclic) bond motifs is 1. The van der Waals surface area contributed by atoms with E-state index in [-0.39, 0.29) is 0 Å². The van der Waals surface area contributed by atoms with Gasteiger partial charge in [0.25, 0.3) is 5.91 Å². The Morgan fingerprint density at radius 2 is 1.84 bits per heavy atom. The molecule has 1 aliphatic rings. The minimum absolute atomic E-state index is 0.422. The van der Waals surface area contributed by atoms with Crippen LogP contribution in [0.4, 0.5) is 0 Å². The van der Waals surface area contributed by atoms with Crippen molar-refractivity contribution in [1.82, 2.24) is 10.5 Å². The maximum Gasteiger partial charge on any atom is 0.367 e. The monoisotopic (exact) mass is 439 g/mol. The van der Waals surface area contributed by atoms with Crippen molar-refractivity contribution in [2.75, 3.05) is 0 Å². The fourth-order valence-corrected chi connectivity index (χ4v) is 4.80. The van der Waals surface area contributed by atoms with E-state index in [1.165, 1.54) is 16.4 Å². The van der Waals surface area contributed by atoms with Crippen molar-refractivity contribution in [3.05, 3.63) is 70.1 Å². The number of nitrogens with two attached hydrogens (primary N) is 1. The van der Waals surface area contributed by atoms with Gasteiger partial charge < -0.3 is 10.6 Å². The Hall–Kier alpha value is -2.78. The van der Waals surface area contributed by atoms with Crippen LogP contribution in [0.25, 0.3) is 10.1 Å². The van der Waals surface area contributed by atoms with Crippen LogP contribution in [0.15, 0.2) is 48.5 Å². The number of rotatable bonds is 5. The predicted molar refractivity (Wildman–Crippen MR) is 119 cm³/mol. The first kappa shape index (κ1) is 21.5. The number of primary amides is 1. The molecule has 0 bridgehead atoms. The summed E-state index contributed by atoms with van der Waals surface area (Å²) in [7, 11) is 0. The molecule has 3 aromatic rings. The van der Waals surface area contributed by atoms with Crippen LogP contribution in [-0.2, 0) is 20.1 Å². The van der Waals surface area contributed by atoms with Crippen molar-refractivity contribution < 1.29 is 19.3 Å². The number of benzene rings is 2. The first-order valence-electron chi connectivity index (χ1n) is 10.0. The molecule has 0 saturated carbocycles. The van der Waals surface area contributed by atoms with Gasteiger partial charge in [0, 0.05) is 10.3 Å². The molecule has 3 N–H and O–H groups in total. The zero-order valence-corrected chi connectivity index (χ0v) is 18.7. The Balaban J connectivity index is 1.79. The Morgan fingerprint density at radius 3 is 2.45 bits per heavy atom. The van der Waals surface area contributed by atoms with Crippen molar-refractivity contribution in [1.29, 1.82) is 0 Å². The molecule has 162 valence electrons. The Kier molecular flexibility index (Phi) is 5.35. The van der Waals surface area contributed by atoms with E-state index >= 15 is 0 Å². The molecule has 0 aliphatic carbocycles. The lowest BCUT2D eigenvalue weighted by Gasteiger charge is -2.37. The van der Waals surface area contributed by atoms with E-state index in [9.17, 15) is 9.59 Å². The molecule has 0 radical (unpaired) electrons. The summed E-state index contributed by atoms with van der Waals surface area (Å²) >= 11 is 1.33. The number of hydrogen-bond acceptors (Lipinski definition) is 7. The van der Waals surface area contributed by atoms with Crippen LogP contribution in [0.5, 0.6) is 0 Å². The SMILES string of the molecule is CCC1(C)ONC(C(N)=O)(c2cc(C)cc(C)c2)N1OC(=O)c1cc2ccccc2s1. The molecule has 8 heteroatoms. The lowest BCUT2D eigenvalue weighted by Crippen LogP contribution is -2.61. The van der Waals surface area contributed by atoms with Gasteiger partial charge in [-0.3, -0.25) is 9.63 Å². The van der Waals surface area contributed by atoms with Crippen molar-refractivity contribution in [2.24, 2.45) is 5.73 Å². The molecule has 31 heavy (non-hydrogen) atoms. The maximum absolute atomic E-state index is 13.2. The molecular weight excluding hydrogens is 414 g/mol.